The van der Waals surface area contributed by atoms with Gasteiger partial charge in [0.05, 0.1) is 11.1 Å². The number of benzene rings is 1. The lowest BCUT2D eigenvalue weighted by Gasteiger charge is -2.10. The van der Waals surface area contributed by atoms with E-state index in [1.54, 1.807) is 0 Å². The Kier molecular flexibility index (Phi) is 5.64. The molecule has 0 aromatic heterocycles. The van der Waals surface area contributed by atoms with Crippen molar-refractivity contribution >= 4 is 46.5 Å². The number of rotatable bonds is 3. The molecule has 0 atom stereocenters. The van der Waals surface area contributed by atoms with Crippen molar-refractivity contribution in [3.8, 4) is 0 Å². The fourth-order valence-electron chi connectivity index (χ4n) is 1.25. The molecule has 1 aromatic carbocycles. The molecular weight excluding hydrogens is 355 g/mol. The molecule has 10 heteroatoms. The molecule has 0 saturated heterocycles. The molecule has 0 heterocycles. The summed E-state index contributed by atoms with van der Waals surface area (Å²) in [4.78, 5) is 14.3. The maximum Gasteiger partial charge on any atom is 0.422 e. The molecule has 0 amide bonds. The fraction of sp³-hybridized carbons (Fsp3) is 0.273. The van der Waals surface area contributed by atoms with Gasteiger partial charge in [0.15, 0.2) is 0 Å². The molecule has 0 unspecified atom stereocenters. The van der Waals surface area contributed by atoms with Gasteiger partial charge in [0.25, 0.3) is 0 Å². The number of carbonyl (C=O) groups excluding carboxylic acids is 1. The molecule has 1 aromatic rings. The van der Waals surface area contributed by atoms with Crippen LogP contribution in [0.2, 0.25) is 0 Å². The highest BCUT2D eigenvalue weighted by Crippen LogP contribution is 2.29. The Morgan fingerprint density at radius 3 is 2.10 bits per heavy atom. The number of esters is 1. The topological polar surface area (TPSA) is 62.7 Å². The summed E-state index contributed by atoms with van der Waals surface area (Å²) in [6.07, 6.45) is -4.52. The van der Waals surface area contributed by atoms with Crippen molar-refractivity contribution in [2.75, 3.05) is 6.61 Å². The maximum absolute atomic E-state index is 12.4. The first kappa shape index (κ1) is 17.8. The van der Waals surface area contributed by atoms with E-state index >= 15 is 0 Å². The predicted octanol–water partition coefficient (Wildman–Crippen LogP) is 3.64. The van der Waals surface area contributed by atoms with E-state index in [1.807, 2.05) is 0 Å². The van der Waals surface area contributed by atoms with Crippen LogP contribution in [0.4, 0.5) is 13.2 Å². The lowest BCUT2D eigenvalue weighted by Crippen LogP contribution is -2.25. The van der Waals surface area contributed by atoms with Crippen LogP contribution in [0.15, 0.2) is 24.3 Å². The van der Waals surface area contributed by atoms with E-state index in [4.69, 9.17) is 40.3 Å². The molecule has 0 aliphatic heterocycles. The molecule has 0 saturated carbocycles. The van der Waals surface area contributed by atoms with Crippen molar-refractivity contribution in [1.82, 2.24) is 0 Å². The summed E-state index contributed by atoms with van der Waals surface area (Å²) < 4.78 is 39.9. The third-order valence-electron chi connectivity index (χ3n) is 2.15. The smallest absolute Gasteiger partial charge is 0.422 e. The summed E-state index contributed by atoms with van der Waals surface area (Å²) in [5.41, 5.74) is 7.16. The highest BCUT2D eigenvalue weighted by atomic mass is 35.6. The molecule has 0 aliphatic rings. The number of hydrogen-bond donors (Lipinski definition) is 0. The van der Waals surface area contributed by atoms with Gasteiger partial charge >= 0.3 is 17.9 Å². The van der Waals surface area contributed by atoms with Gasteiger partial charge in [-0.3, -0.25) is 0 Å². The van der Waals surface area contributed by atoms with Gasteiger partial charge in [-0.1, -0.05) is 34.8 Å². The Morgan fingerprint density at radius 1 is 1.19 bits per heavy atom. The lowest BCUT2D eigenvalue weighted by atomic mass is 10.1. The van der Waals surface area contributed by atoms with Gasteiger partial charge in [-0.25, -0.2) is 4.79 Å². The number of nitrogens with zero attached hydrogens (tertiary/aromatic N) is 2. The third kappa shape index (κ3) is 5.55. The first-order valence-electron chi connectivity index (χ1n) is 5.18. The molecule has 0 radical (unpaired) electrons. The van der Waals surface area contributed by atoms with Gasteiger partial charge in [0.1, 0.15) is 6.61 Å². The Morgan fingerprint density at radius 2 is 1.71 bits per heavy atom. The zero-order valence-electron chi connectivity index (χ0n) is 10.00. The van der Waals surface area contributed by atoms with Crippen molar-refractivity contribution in [3.63, 3.8) is 0 Å². The monoisotopic (exact) mass is 360 g/mol. The van der Waals surface area contributed by atoms with Crippen molar-refractivity contribution in [3.05, 3.63) is 40.9 Å². The van der Waals surface area contributed by atoms with Crippen LogP contribution in [0.25, 0.3) is 5.53 Å². The maximum atomic E-state index is 12.4. The third-order valence-corrected chi connectivity index (χ3v) is 2.47. The minimum absolute atomic E-state index is 0.0835. The second-order valence-electron chi connectivity index (χ2n) is 3.72. The quantitative estimate of drug-likeness (QED) is 0.271. The van der Waals surface area contributed by atoms with Crippen LogP contribution < -0.4 is 0 Å². The molecular formula is C11H6Cl3F3N2O2. The Labute approximate surface area is 132 Å². The van der Waals surface area contributed by atoms with Gasteiger partial charge in [0, 0.05) is 0 Å². The van der Waals surface area contributed by atoms with Crippen LogP contribution in [0, 0.1) is 0 Å². The molecule has 21 heavy (non-hydrogen) atoms. The first-order valence-corrected chi connectivity index (χ1v) is 6.31. The van der Waals surface area contributed by atoms with Crippen LogP contribution in [-0.2, 0) is 15.7 Å². The second kappa shape index (κ2) is 6.66. The number of carbonyl (C=O) groups is 1. The van der Waals surface area contributed by atoms with E-state index in [0.717, 1.165) is 24.3 Å². The molecule has 4 nitrogen and oxygen atoms in total. The largest absolute Gasteiger partial charge is 0.452 e. The number of halogens is 6. The van der Waals surface area contributed by atoms with Crippen LogP contribution in [0.5, 0.6) is 0 Å². The Bertz CT molecular complexity index is 576. The minimum atomic E-state index is -4.52. The van der Waals surface area contributed by atoms with E-state index in [2.05, 4.69) is 9.53 Å². The van der Waals surface area contributed by atoms with Crippen molar-refractivity contribution in [2.24, 2.45) is 0 Å². The summed E-state index contributed by atoms with van der Waals surface area (Å²) in [6.45, 7) is -0.615. The van der Waals surface area contributed by atoms with Gasteiger partial charge in [-0.15, -0.1) is 0 Å². The van der Waals surface area contributed by atoms with Crippen molar-refractivity contribution in [2.45, 2.75) is 9.97 Å². The zero-order valence-corrected chi connectivity index (χ0v) is 12.3. The van der Waals surface area contributed by atoms with E-state index in [0.29, 0.717) is 0 Å². The van der Waals surface area contributed by atoms with Gasteiger partial charge in [-0.05, 0) is 24.3 Å². The average molecular weight is 362 g/mol. The Balaban J connectivity index is 2.92. The van der Waals surface area contributed by atoms with Crippen LogP contribution >= 0.6 is 34.8 Å². The number of alkyl halides is 6. The molecule has 1 rings (SSSR count). The molecule has 0 bridgehead atoms. The minimum Gasteiger partial charge on any atom is -0.452 e. The summed E-state index contributed by atoms with van der Waals surface area (Å²) in [7, 11) is 0. The second-order valence-corrected chi connectivity index (χ2v) is 6.23. The van der Waals surface area contributed by atoms with E-state index in [9.17, 15) is 18.0 Å². The van der Waals surface area contributed by atoms with Gasteiger partial charge < -0.3 is 10.3 Å². The van der Waals surface area contributed by atoms with E-state index in [-0.39, 0.29) is 5.56 Å². The van der Waals surface area contributed by atoms with E-state index < -0.39 is 33.8 Å². The molecule has 0 N–H and O–H groups in total. The summed E-state index contributed by atoms with van der Waals surface area (Å²) in [5, 5.41) is 0. The van der Waals surface area contributed by atoms with E-state index in [1.165, 1.54) is 0 Å². The standard InChI is InChI=1S/C11H6Cl3F3N2O2/c12-10(13,14)5-21-9(20)8(19-18)6-1-3-7(4-2-6)11(15,16)17/h1-4H,5H2. The molecule has 0 spiro atoms. The average Bonchev–Trinajstić information content (AvgIpc) is 2.36. The number of hydrogen-bond acceptors (Lipinski definition) is 2. The van der Waals surface area contributed by atoms with Crippen molar-refractivity contribution in [1.29, 1.82) is 0 Å². The van der Waals surface area contributed by atoms with Crippen LogP contribution in [0.3, 0.4) is 0 Å². The van der Waals surface area contributed by atoms with Crippen LogP contribution in [0.1, 0.15) is 11.1 Å². The number of ether oxygens (including phenoxy) is 1. The van der Waals surface area contributed by atoms with Crippen LogP contribution in [-0.4, -0.2) is 26.9 Å². The SMILES string of the molecule is [N-]=[N+]=C(C(=O)OCC(Cl)(Cl)Cl)c1ccc(C(F)(F)F)cc1. The van der Waals surface area contributed by atoms with Gasteiger partial charge in [-0.2, -0.15) is 18.0 Å². The lowest BCUT2D eigenvalue weighted by molar-refractivity contribution is -0.139. The highest BCUT2D eigenvalue weighted by molar-refractivity contribution is 6.67. The zero-order chi connectivity index (χ0) is 16.3. The molecule has 114 valence electrons. The summed E-state index contributed by atoms with van der Waals surface area (Å²) in [5.74, 6) is -1.15. The normalized spacial score (nSPS) is 11.7. The Hall–Kier alpha value is -1.27. The molecule has 0 fully saturated rings. The van der Waals surface area contributed by atoms with Gasteiger partial charge in [0.2, 0.25) is 3.79 Å². The van der Waals surface area contributed by atoms with Crippen molar-refractivity contribution < 1.29 is 27.5 Å². The molecule has 0 aliphatic carbocycles. The summed E-state index contributed by atoms with van der Waals surface area (Å²) >= 11 is 16.1. The highest BCUT2D eigenvalue weighted by Gasteiger charge is 2.32. The fourth-order valence-corrected chi connectivity index (χ4v) is 1.41. The first-order chi connectivity index (χ1) is 9.54. The predicted molar refractivity (Wildman–Crippen MR) is 70.4 cm³/mol. The summed E-state index contributed by atoms with van der Waals surface area (Å²) in [6, 6.07) is 3.36.